The number of nitrogens with two attached hydrogens (primary N) is 1. The molecule has 3 fully saturated rings. The summed E-state index contributed by atoms with van der Waals surface area (Å²) < 4.78 is 59.4. The molecule has 4 atom stereocenters. The van der Waals surface area contributed by atoms with Gasteiger partial charge in [0.25, 0.3) is 11.8 Å². The zero-order chi connectivity index (χ0) is 69.2. The Morgan fingerprint density at radius 3 is 2.27 bits per heavy atom. The predicted molar refractivity (Wildman–Crippen MR) is 361 cm³/mol. The number of likely N-dealkylation sites (tertiary alicyclic amines) is 1. The number of nitrogen functional groups attached to an aromatic ring is 1. The lowest BCUT2D eigenvalue weighted by molar-refractivity contribution is -0.274. The number of aliphatic hydroxyl groups excluding tert-OH is 1. The number of rotatable bonds is 19. The number of alkyl halides is 4. The van der Waals surface area contributed by atoms with E-state index in [9.17, 15) is 51.4 Å². The summed E-state index contributed by atoms with van der Waals surface area (Å²) in [6.45, 7) is 9.95. The highest BCUT2D eigenvalue weighted by Crippen LogP contribution is 2.42. The summed E-state index contributed by atoms with van der Waals surface area (Å²) in [6, 6.07) is 26.3. The Morgan fingerprint density at radius 2 is 1.57 bits per heavy atom. The number of ether oxygens (including phenoxy) is 1. The number of halogens is 4. The maximum atomic E-state index is 14.9. The van der Waals surface area contributed by atoms with Crippen LogP contribution in [0.1, 0.15) is 103 Å². The van der Waals surface area contributed by atoms with Gasteiger partial charge >= 0.3 is 6.36 Å². The minimum Gasteiger partial charge on any atom is -0.406 e. The summed E-state index contributed by atoms with van der Waals surface area (Å²) >= 11 is 1.50. The molecule has 7 heterocycles. The Morgan fingerprint density at radius 1 is 0.837 bits per heavy atom. The summed E-state index contributed by atoms with van der Waals surface area (Å²) in [5.41, 5.74) is 13.9. The highest BCUT2D eigenvalue weighted by Gasteiger charge is 2.53. The fraction of sp³-hybridized carbons (Fsp3) is 0.361. The van der Waals surface area contributed by atoms with Crippen molar-refractivity contribution >= 4 is 75.1 Å². The van der Waals surface area contributed by atoms with E-state index in [1.165, 1.54) is 40.8 Å². The average Bonchev–Trinajstić information content (AvgIpc) is 1.61. The van der Waals surface area contributed by atoms with Gasteiger partial charge in [-0.25, -0.2) is 24.3 Å². The third-order valence-corrected chi connectivity index (χ3v) is 19.2. The Hall–Kier alpha value is -10.3. The summed E-state index contributed by atoms with van der Waals surface area (Å²) in [4.78, 5) is 108. The van der Waals surface area contributed by atoms with Gasteiger partial charge in [0.2, 0.25) is 23.6 Å². The minimum atomic E-state index is -4.85. The van der Waals surface area contributed by atoms with Gasteiger partial charge in [0.05, 0.1) is 46.5 Å². The molecule has 1 aliphatic carbocycles. The first-order chi connectivity index (χ1) is 46.8. The van der Waals surface area contributed by atoms with Gasteiger partial charge in [-0.15, -0.1) is 24.5 Å². The maximum absolute atomic E-state index is 14.9. The second-order valence-corrected chi connectivity index (χ2v) is 27.1. The van der Waals surface area contributed by atoms with Crippen molar-refractivity contribution in [2.45, 2.75) is 115 Å². The molecule has 8 aromatic rings. The largest absolute Gasteiger partial charge is 0.573 e. The minimum absolute atomic E-state index is 0.0632. The number of amides is 6. The number of nitrogens with zero attached hydrogens (tertiary/aromatic N) is 9. The monoisotopic (exact) mass is 1360 g/mol. The van der Waals surface area contributed by atoms with Crippen LogP contribution in [0.5, 0.6) is 5.75 Å². The smallest absolute Gasteiger partial charge is 0.406 e. The molecule has 0 radical (unpaired) electrons. The number of carbonyl (C=O) groups excluding carboxylic acids is 6. The number of hydrogen-bond acceptors (Lipinski definition) is 15. The number of β-amino-alcohol motifs (C(OH)–C–C–N with tert-alkyl or cyclic N) is 1. The van der Waals surface area contributed by atoms with Crippen molar-refractivity contribution in [3.63, 3.8) is 0 Å². The van der Waals surface area contributed by atoms with Crippen molar-refractivity contribution in [3.8, 4) is 39.2 Å². The van der Waals surface area contributed by atoms with Gasteiger partial charge in [0.1, 0.15) is 41.4 Å². The molecule has 12 rings (SSSR count). The second-order valence-electron chi connectivity index (χ2n) is 26.2. The lowest BCUT2D eigenvalue weighted by Gasteiger charge is -2.37. The molecule has 98 heavy (non-hydrogen) atoms. The molecular formula is C72H73F4N13O8S. The van der Waals surface area contributed by atoms with Crippen LogP contribution < -0.4 is 36.2 Å². The molecule has 6 N–H and O–H groups in total. The fourth-order valence-corrected chi connectivity index (χ4v) is 13.5. The van der Waals surface area contributed by atoms with E-state index in [2.05, 4.69) is 52.4 Å². The highest BCUT2D eigenvalue weighted by atomic mass is 32.1. The Balaban J connectivity index is 0.622. The maximum Gasteiger partial charge on any atom is 0.573 e. The van der Waals surface area contributed by atoms with E-state index in [4.69, 9.17) is 10.7 Å². The number of hydrogen-bond donors (Lipinski definition) is 5. The number of aliphatic hydroxyl groups is 1. The van der Waals surface area contributed by atoms with Crippen LogP contribution in [0, 0.1) is 24.2 Å². The van der Waals surface area contributed by atoms with E-state index in [-0.39, 0.29) is 56.4 Å². The van der Waals surface area contributed by atoms with Crippen LogP contribution in [0.2, 0.25) is 0 Å². The van der Waals surface area contributed by atoms with Crippen molar-refractivity contribution in [1.82, 2.24) is 50.3 Å². The second kappa shape index (κ2) is 28.1. The van der Waals surface area contributed by atoms with Crippen LogP contribution in [-0.2, 0) is 43.4 Å². The molecule has 0 spiro atoms. The number of nitrogens with one attached hydrogen (secondary N) is 3. The van der Waals surface area contributed by atoms with Crippen LogP contribution in [0.4, 0.5) is 34.9 Å². The van der Waals surface area contributed by atoms with Gasteiger partial charge in [-0.1, -0.05) is 75.1 Å². The zero-order valence-corrected chi connectivity index (χ0v) is 55.2. The lowest BCUT2D eigenvalue weighted by atomic mass is 9.85. The van der Waals surface area contributed by atoms with Crippen LogP contribution in [0.25, 0.3) is 32.6 Å². The third-order valence-electron chi connectivity index (χ3n) is 18.2. The number of thiazole rings is 1. The first-order valence-corrected chi connectivity index (χ1v) is 33.3. The molecule has 4 aromatic heterocycles. The molecule has 0 unspecified atom stereocenters. The van der Waals surface area contributed by atoms with Crippen LogP contribution in [0.3, 0.4) is 0 Å². The molecule has 508 valence electrons. The molecular weight excluding hydrogens is 1280 g/mol. The van der Waals surface area contributed by atoms with Crippen LogP contribution in [-0.4, -0.2) is 151 Å². The topological polar surface area (TPSA) is 263 Å². The zero-order valence-electron chi connectivity index (χ0n) is 54.4. The van der Waals surface area contributed by atoms with Crippen molar-refractivity contribution in [3.05, 3.63) is 166 Å². The molecule has 0 bridgehead atoms. The number of piperazine rings is 1. The van der Waals surface area contributed by atoms with Crippen molar-refractivity contribution < 1.29 is 56.2 Å². The van der Waals surface area contributed by atoms with E-state index >= 15 is 0 Å². The van der Waals surface area contributed by atoms with Gasteiger partial charge in [0.15, 0.2) is 5.67 Å². The van der Waals surface area contributed by atoms with E-state index in [1.807, 2.05) is 72.3 Å². The lowest BCUT2D eigenvalue weighted by Crippen LogP contribution is -2.59. The summed E-state index contributed by atoms with van der Waals surface area (Å²) in [5, 5.41) is 20.2. The summed E-state index contributed by atoms with van der Waals surface area (Å²) in [5.74, 6) is 4.15. The van der Waals surface area contributed by atoms with E-state index in [0.717, 1.165) is 38.5 Å². The van der Waals surface area contributed by atoms with E-state index in [0.29, 0.717) is 109 Å². The van der Waals surface area contributed by atoms with Crippen LogP contribution >= 0.6 is 11.3 Å². The van der Waals surface area contributed by atoms with E-state index in [1.54, 1.807) is 72.6 Å². The quantitative estimate of drug-likeness (QED) is 0.0288. The molecule has 6 amide bonds. The van der Waals surface area contributed by atoms with Gasteiger partial charge in [-0.2, -0.15) is 0 Å². The Labute approximate surface area is 566 Å². The van der Waals surface area contributed by atoms with E-state index < -0.39 is 65.1 Å². The Kier molecular flexibility index (Phi) is 19.4. The normalized spacial score (nSPS) is 17.2. The number of benzene rings is 4. The average molecular weight is 1360 g/mol. The molecule has 3 aliphatic heterocycles. The van der Waals surface area contributed by atoms with Crippen LogP contribution in [0.15, 0.2) is 127 Å². The number of aryl methyl sites for hydroxylation is 2. The standard InChI is InChI=1S/C72H73F4N13O8S/c1-43-62(98-42-82-43)48-18-16-47(17-19-48)55(83-67(94)57-36-52(90)39-89(57)68(95)63(70(2,3)4)84-69(96)71(73)24-25-71)37-59(91)86-31-29-85(30-32-86)58-22-13-45(38-79-58)10-9-44-11-14-49(15-12-44)66(93)78-26-6-27-87-40-54(61-64(77)80-41-81-65(61)87)50-20-21-56-51(35-50)23-28-88(56)60(92)34-46-7-5-8-53(33-46)97-72(74,75)76/h5,7-8,11-22,33,35,38,40-42,52,55,57,63,90H,6,23-32,34,36-37,39H2,1-4H3,(H,78,93)(H,83,94)(H,84,96)(H2,77,80,81)/t52-,55+,57+,63-/m1/s1. The van der Waals surface area contributed by atoms with Gasteiger partial charge in [-0.05, 0) is 127 Å². The SMILES string of the molecule is Cc1ncsc1-c1ccc([C@H](CC(=O)N2CCN(c3ccc(C#Cc4ccc(C(=O)NCCCn5cc(-c6ccc7c(c6)CCN7C(=O)Cc6cccc(OC(F)(F)F)c6)c6c(N)ncnc65)cc4)cn3)CC2)NC(=O)[C@@H]2C[C@@H](O)CN2C(=O)[C@@H](NC(=O)C2(F)CC2)C(C)(C)C)cc1. The number of pyridine rings is 1. The first kappa shape index (κ1) is 67.7. The number of carbonyl (C=O) groups is 6. The van der Waals surface area contributed by atoms with Gasteiger partial charge in [0, 0.05) is 99.1 Å². The summed E-state index contributed by atoms with van der Waals surface area (Å²) in [6.07, 6.45) is 0.126. The van der Waals surface area contributed by atoms with Gasteiger partial charge in [-0.3, -0.25) is 28.8 Å². The molecule has 1 saturated carbocycles. The van der Waals surface area contributed by atoms with Crippen molar-refractivity contribution in [1.29, 1.82) is 0 Å². The fourth-order valence-electron chi connectivity index (χ4n) is 12.7. The Bertz CT molecular complexity index is 4400. The third kappa shape index (κ3) is 15.4. The highest BCUT2D eigenvalue weighted by molar-refractivity contribution is 7.13. The number of aromatic nitrogens is 5. The predicted octanol–water partition coefficient (Wildman–Crippen LogP) is 8.65. The molecule has 26 heteroatoms. The molecule has 4 aliphatic rings. The molecule has 4 aromatic carbocycles. The van der Waals surface area contributed by atoms with Gasteiger partial charge < -0.3 is 55.7 Å². The summed E-state index contributed by atoms with van der Waals surface area (Å²) in [7, 11) is 0. The molecule has 2 saturated heterocycles. The van der Waals surface area contributed by atoms with Crippen molar-refractivity contribution in [2.24, 2.45) is 5.41 Å². The number of anilines is 3. The van der Waals surface area contributed by atoms with Crippen molar-refractivity contribution in [2.75, 3.05) is 61.3 Å². The first-order valence-electron chi connectivity index (χ1n) is 32.4. The molecule has 21 nitrogen and oxygen atoms in total. The number of fused-ring (bicyclic) bond motifs is 2.